The van der Waals surface area contributed by atoms with E-state index >= 15 is 0 Å². The van der Waals surface area contributed by atoms with Crippen LogP contribution in [0.2, 0.25) is 0 Å². The van der Waals surface area contributed by atoms with Crippen LogP contribution in [0, 0.1) is 13.8 Å². The van der Waals surface area contributed by atoms with Crippen LogP contribution in [0.3, 0.4) is 0 Å². The van der Waals surface area contributed by atoms with Crippen molar-refractivity contribution >= 4 is 12.0 Å². The minimum atomic E-state index is -0.343. The molecule has 2 heterocycles. The maximum atomic E-state index is 11.1. The molecule has 136 valence electrons. The molecule has 27 heavy (non-hydrogen) atoms. The van der Waals surface area contributed by atoms with Gasteiger partial charge in [-0.05, 0) is 42.2 Å². The summed E-state index contributed by atoms with van der Waals surface area (Å²) >= 11 is 0. The lowest BCUT2D eigenvalue weighted by molar-refractivity contribution is -0.118. The fraction of sp³-hybridized carbons (Fsp3) is 0.182. The first kappa shape index (κ1) is 17.1. The molecule has 1 aliphatic heterocycles. The predicted molar refractivity (Wildman–Crippen MR) is 108 cm³/mol. The van der Waals surface area contributed by atoms with Crippen LogP contribution in [-0.4, -0.2) is 27.3 Å². The standard InChI is InChI=1S/C22H22N4O/c1-14-3-4-18(11-15(14)2)16-5-7-17(8-6-16)22-24-19-9-10-26(13-21(23)27)12-20(19)25-22/h3-11H,12-13H2,1-2H3,(H2,23,27)(H,24,25). The van der Waals surface area contributed by atoms with Gasteiger partial charge in [-0.3, -0.25) is 4.79 Å². The number of benzene rings is 2. The zero-order valence-electron chi connectivity index (χ0n) is 15.5. The van der Waals surface area contributed by atoms with Crippen molar-refractivity contribution in [2.75, 3.05) is 6.54 Å². The van der Waals surface area contributed by atoms with Crippen molar-refractivity contribution in [1.29, 1.82) is 0 Å². The van der Waals surface area contributed by atoms with Gasteiger partial charge < -0.3 is 15.6 Å². The molecule has 0 unspecified atom stereocenters. The smallest absolute Gasteiger partial charge is 0.236 e. The van der Waals surface area contributed by atoms with Gasteiger partial charge in [-0.2, -0.15) is 0 Å². The van der Waals surface area contributed by atoms with E-state index in [2.05, 4.69) is 66.3 Å². The number of carbonyl (C=O) groups excluding carboxylic acids is 1. The molecular weight excluding hydrogens is 336 g/mol. The van der Waals surface area contributed by atoms with Crippen LogP contribution < -0.4 is 5.73 Å². The lowest BCUT2D eigenvalue weighted by atomic mass is 9.99. The number of hydrogen-bond donors (Lipinski definition) is 2. The fourth-order valence-electron chi connectivity index (χ4n) is 3.30. The molecule has 0 fully saturated rings. The van der Waals surface area contributed by atoms with E-state index in [1.165, 1.54) is 22.3 Å². The Labute approximate surface area is 158 Å². The molecule has 3 N–H and O–H groups in total. The molecule has 0 spiro atoms. The number of primary amides is 1. The van der Waals surface area contributed by atoms with E-state index < -0.39 is 0 Å². The largest absolute Gasteiger partial charge is 0.368 e. The van der Waals surface area contributed by atoms with Crippen molar-refractivity contribution in [1.82, 2.24) is 14.9 Å². The van der Waals surface area contributed by atoms with Gasteiger partial charge in [-0.1, -0.05) is 42.5 Å². The molecule has 0 saturated carbocycles. The monoisotopic (exact) mass is 358 g/mol. The van der Waals surface area contributed by atoms with E-state index in [1.54, 1.807) is 0 Å². The normalized spacial score (nSPS) is 12.9. The Morgan fingerprint density at radius 2 is 1.78 bits per heavy atom. The molecule has 1 aliphatic rings. The second-order valence-corrected chi connectivity index (χ2v) is 7.01. The number of imidazole rings is 1. The first-order valence-electron chi connectivity index (χ1n) is 8.97. The second-order valence-electron chi connectivity index (χ2n) is 7.01. The quantitative estimate of drug-likeness (QED) is 0.748. The number of aromatic nitrogens is 2. The van der Waals surface area contributed by atoms with Gasteiger partial charge in [0.2, 0.25) is 5.91 Å². The number of rotatable bonds is 4. The molecule has 0 atom stereocenters. The zero-order valence-corrected chi connectivity index (χ0v) is 15.5. The maximum Gasteiger partial charge on any atom is 0.236 e. The summed E-state index contributed by atoms with van der Waals surface area (Å²) in [6.07, 6.45) is 3.77. The Hall–Kier alpha value is -3.34. The molecule has 1 aromatic heterocycles. The number of nitrogens with two attached hydrogens (primary N) is 1. The third-order valence-corrected chi connectivity index (χ3v) is 4.97. The van der Waals surface area contributed by atoms with Gasteiger partial charge >= 0.3 is 0 Å². The highest BCUT2D eigenvalue weighted by molar-refractivity contribution is 5.76. The molecule has 0 bridgehead atoms. The maximum absolute atomic E-state index is 11.1. The molecule has 5 nitrogen and oxygen atoms in total. The average molecular weight is 358 g/mol. The topological polar surface area (TPSA) is 75.0 Å². The van der Waals surface area contributed by atoms with Crippen LogP contribution in [0.15, 0.2) is 48.7 Å². The Morgan fingerprint density at radius 1 is 1.07 bits per heavy atom. The lowest BCUT2D eigenvalue weighted by Gasteiger charge is -2.20. The summed E-state index contributed by atoms with van der Waals surface area (Å²) < 4.78 is 0. The van der Waals surface area contributed by atoms with Crippen LogP contribution in [0.1, 0.15) is 22.5 Å². The van der Waals surface area contributed by atoms with Gasteiger partial charge in [0.15, 0.2) is 0 Å². The summed E-state index contributed by atoms with van der Waals surface area (Å²) in [5.41, 5.74) is 13.2. The molecule has 5 heteroatoms. The van der Waals surface area contributed by atoms with Crippen LogP contribution in [0.5, 0.6) is 0 Å². The Kier molecular flexibility index (Phi) is 4.28. The number of H-pyrrole nitrogens is 1. The van der Waals surface area contributed by atoms with E-state index in [0.29, 0.717) is 6.54 Å². The average Bonchev–Trinajstić information content (AvgIpc) is 3.07. The third-order valence-electron chi connectivity index (χ3n) is 4.97. The molecule has 0 saturated heterocycles. The van der Waals surface area contributed by atoms with E-state index in [-0.39, 0.29) is 12.5 Å². The van der Waals surface area contributed by atoms with E-state index in [9.17, 15) is 4.79 Å². The number of carbonyl (C=O) groups is 1. The van der Waals surface area contributed by atoms with Crippen molar-refractivity contribution in [2.24, 2.45) is 5.73 Å². The fourth-order valence-corrected chi connectivity index (χ4v) is 3.30. The Balaban J connectivity index is 1.57. The van der Waals surface area contributed by atoms with E-state index in [4.69, 9.17) is 5.73 Å². The van der Waals surface area contributed by atoms with Gasteiger partial charge in [0.05, 0.1) is 24.5 Å². The molecule has 1 amide bonds. The van der Waals surface area contributed by atoms with Crippen molar-refractivity contribution in [3.05, 3.63) is 71.2 Å². The van der Waals surface area contributed by atoms with Crippen LogP contribution in [-0.2, 0) is 11.3 Å². The summed E-state index contributed by atoms with van der Waals surface area (Å²) in [5.74, 6) is 0.488. The van der Waals surface area contributed by atoms with Crippen LogP contribution >= 0.6 is 0 Å². The first-order valence-corrected chi connectivity index (χ1v) is 8.97. The minimum absolute atomic E-state index is 0.203. The Bertz CT molecular complexity index is 1030. The number of nitrogens with one attached hydrogen (secondary N) is 1. The number of aryl methyl sites for hydroxylation is 2. The van der Waals surface area contributed by atoms with Crippen LogP contribution in [0.25, 0.3) is 28.6 Å². The number of hydrogen-bond acceptors (Lipinski definition) is 3. The summed E-state index contributed by atoms with van der Waals surface area (Å²) in [7, 11) is 0. The van der Waals surface area contributed by atoms with Gasteiger partial charge in [0.1, 0.15) is 5.82 Å². The highest BCUT2D eigenvalue weighted by Crippen LogP contribution is 2.27. The van der Waals surface area contributed by atoms with Gasteiger partial charge in [0.25, 0.3) is 0 Å². The first-order chi connectivity index (χ1) is 13.0. The zero-order chi connectivity index (χ0) is 19.0. The van der Waals surface area contributed by atoms with Crippen molar-refractivity contribution in [2.45, 2.75) is 20.4 Å². The van der Waals surface area contributed by atoms with Gasteiger partial charge in [-0.15, -0.1) is 0 Å². The summed E-state index contributed by atoms with van der Waals surface area (Å²) in [6, 6.07) is 14.9. The van der Waals surface area contributed by atoms with Crippen molar-refractivity contribution in [3.63, 3.8) is 0 Å². The van der Waals surface area contributed by atoms with Gasteiger partial charge in [0, 0.05) is 11.8 Å². The van der Waals surface area contributed by atoms with Crippen LogP contribution in [0.4, 0.5) is 0 Å². The molecule has 0 aliphatic carbocycles. The number of aromatic amines is 1. The minimum Gasteiger partial charge on any atom is -0.368 e. The number of fused-ring (bicyclic) bond motifs is 1. The van der Waals surface area contributed by atoms with Gasteiger partial charge in [-0.25, -0.2) is 4.98 Å². The second kappa shape index (κ2) is 6.76. The molecule has 3 aromatic rings. The highest BCUT2D eigenvalue weighted by atomic mass is 16.1. The molecular formula is C22H22N4O. The SMILES string of the molecule is Cc1ccc(-c2ccc(-c3nc4c([nH]3)CN(CC(N)=O)C=C4)cc2)cc1C. The van der Waals surface area contributed by atoms with E-state index in [0.717, 1.165) is 22.8 Å². The van der Waals surface area contributed by atoms with Crippen molar-refractivity contribution in [3.8, 4) is 22.5 Å². The molecule has 4 rings (SSSR count). The van der Waals surface area contributed by atoms with E-state index in [1.807, 2.05) is 17.2 Å². The lowest BCUT2D eigenvalue weighted by Crippen LogP contribution is -2.30. The predicted octanol–water partition coefficient (Wildman–Crippen LogP) is 3.63. The third kappa shape index (κ3) is 3.49. The molecule has 2 aromatic carbocycles. The number of nitrogens with zero attached hydrogens (tertiary/aromatic N) is 2. The Morgan fingerprint density at radius 3 is 2.48 bits per heavy atom. The summed E-state index contributed by atoms with van der Waals surface area (Å²) in [6.45, 7) is 5.06. The molecule has 0 radical (unpaired) electrons. The van der Waals surface area contributed by atoms with Crippen molar-refractivity contribution < 1.29 is 4.79 Å². The summed E-state index contributed by atoms with van der Waals surface area (Å²) in [5, 5.41) is 0. The highest BCUT2D eigenvalue weighted by Gasteiger charge is 2.17. The number of amides is 1. The summed E-state index contributed by atoms with van der Waals surface area (Å²) in [4.78, 5) is 21.0.